The molecule has 1 unspecified atom stereocenters. The second-order valence-electron chi connectivity index (χ2n) is 6.54. The Morgan fingerprint density at radius 2 is 1.83 bits per heavy atom. The quantitative estimate of drug-likeness (QED) is 0.668. The van der Waals surface area contributed by atoms with Crippen LogP contribution in [0.4, 0.5) is 0 Å². The third-order valence-electron chi connectivity index (χ3n) is 4.94. The normalized spacial score (nSPS) is 21.2. The number of nitrogens with zero attached hydrogens (tertiary/aromatic N) is 1. The number of nitrogens with two attached hydrogens (primary N) is 1. The first-order chi connectivity index (χ1) is 8.62. The van der Waals surface area contributed by atoms with Crippen LogP contribution in [0, 0.1) is 5.92 Å². The number of hydrogen-bond acceptors (Lipinski definition) is 2. The first-order valence-corrected chi connectivity index (χ1v) is 8.03. The molecule has 2 nitrogen and oxygen atoms in total. The molecule has 2 heteroatoms. The fourth-order valence-electron chi connectivity index (χ4n) is 3.18. The topological polar surface area (TPSA) is 29.3 Å². The Hall–Kier alpha value is -0.0800. The summed E-state index contributed by atoms with van der Waals surface area (Å²) in [4.78, 5) is 2.55. The van der Waals surface area contributed by atoms with E-state index in [4.69, 9.17) is 5.73 Å². The number of hydrogen-bond donors (Lipinski definition) is 1. The molecule has 1 aliphatic rings. The third kappa shape index (κ3) is 4.89. The summed E-state index contributed by atoms with van der Waals surface area (Å²) in [6, 6.07) is 0. The molecule has 2 N–H and O–H groups in total. The van der Waals surface area contributed by atoms with Crippen LogP contribution in [0.5, 0.6) is 0 Å². The van der Waals surface area contributed by atoms with Crippen LogP contribution in [0.1, 0.15) is 71.6 Å². The molecular formula is C16H34N2. The summed E-state index contributed by atoms with van der Waals surface area (Å²) >= 11 is 0. The van der Waals surface area contributed by atoms with Crippen molar-refractivity contribution in [2.24, 2.45) is 11.7 Å². The van der Waals surface area contributed by atoms with E-state index in [1.165, 1.54) is 64.3 Å². The molecule has 0 aromatic carbocycles. The zero-order valence-corrected chi connectivity index (χ0v) is 12.9. The van der Waals surface area contributed by atoms with Crippen molar-refractivity contribution >= 4 is 0 Å². The Labute approximate surface area is 114 Å². The van der Waals surface area contributed by atoms with Crippen molar-refractivity contribution in [2.75, 3.05) is 20.1 Å². The monoisotopic (exact) mass is 254 g/mol. The Kier molecular flexibility index (Phi) is 7.25. The third-order valence-corrected chi connectivity index (χ3v) is 4.94. The van der Waals surface area contributed by atoms with Crippen LogP contribution in [0.25, 0.3) is 0 Å². The van der Waals surface area contributed by atoms with Crippen molar-refractivity contribution in [1.29, 1.82) is 0 Å². The van der Waals surface area contributed by atoms with Gasteiger partial charge in [-0.1, -0.05) is 45.4 Å². The molecule has 0 radical (unpaired) electrons. The Morgan fingerprint density at radius 3 is 2.39 bits per heavy atom. The van der Waals surface area contributed by atoms with Crippen LogP contribution in [0.2, 0.25) is 0 Å². The largest absolute Gasteiger partial charge is 0.329 e. The standard InChI is InChI=1S/C16H34N2/c1-4-5-9-12-16(2,14-17)18(3)13-15-10-7-6-8-11-15/h15H,4-14,17H2,1-3H3. The molecule has 18 heavy (non-hydrogen) atoms. The maximum absolute atomic E-state index is 6.05. The van der Waals surface area contributed by atoms with Crippen LogP contribution < -0.4 is 5.73 Å². The molecule has 1 atom stereocenters. The lowest BCUT2D eigenvalue weighted by atomic mass is 9.86. The highest BCUT2D eigenvalue weighted by Gasteiger charge is 2.29. The predicted octanol–water partition coefficient (Wildman–Crippen LogP) is 3.80. The maximum Gasteiger partial charge on any atom is 0.0300 e. The molecule has 1 fully saturated rings. The molecule has 0 bridgehead atoms. The average molecular weight is 254 g/mol. The van der Waals surface area contributed by atoms with Crippen LogP contribution >= 0.6 is 0 Å². The molecular weight excluding hydrogens is 220 g/mol. The highest BCUT2D eigenvalue weighted by atomic mass is 15.2. The maximum atomic E-state index is 6.05. The number of likely N-dealkylation sites (N-methyl/N-ethyl adjacent to an activating group) is 1. The summed E-state index contributed by atoms with van der Waals surface area (Å²) in [5.74, 6) is 0.917. The molecule has 1 rings (SSSR count). The molecule has 1 saturated carbocycles. The van der Waals surface area contributed by atoms with E-state index in [-0.39, 0.29) is 5.54 Å². The fourth-order valence-corrected chi connectivity index (χ4v) is 3.18. The van der Waals surface area contributed by atoms with Gasteiger partial charge >= 0.3 is 0 Å². The van der Waals surface area contributed by atoms with Crippen LogP contribution in [0.15, 0.2) is 0 Å². The van der Waals surface area contributed by atoms with Crippen LogP contribution in [-0.4, -0.2) is 30.6 Å². The zero-order chi connectivity index (χ0) is 13.4. The molecule has 108 valence electrons. The zero-order valence-electron chi connectivity index (χ0n) is 12.9. The molecule has 1 aliphatic carbocycles. The van der Waals surface area contributed by atoms with Gasteiger partial charge in [0.2, 0.25) is 0 Å². The van der Waals surface area contributed by atoms with Crippen molar-refractivity contribution in [3.05, 3.63) is 0 Å². The highest BCUT2D eigenvalue weighted by Crippen LogP contribution is 2.28. The van der Waals surface area contributed by atoms with Crippen molar-refractivity contribution in [2.45, 2.75) is 77.2 Å². The van der Waals surface area contributed by atoms with Crippen molar-refractivity contribution in [3.8, 4) is 0 Å². The molecule has 0 heterocycles. The van der Waals surface area contributed by atoms with E-state index in [9.17, 15) is 0 Å². The van der Waals surface area contributed by atoms with E-state index < -0.39 is 0 Å². The van der Waals surface area contributed by atoms with Gasteiger partial charge in [-0.25, -0.2) is 0 Å². The van der Waals surface area contributed by atoms with Crippen LogP contribution in [0.3, 0.4) is 0 Å². The van der Waals surface area contributed by atoms with Gasteiger partial charge in [-0.05, 0) is 39.2 Å². The van der Waals surface area contributed by atoms with Crippen molar-refractivity contribution in [1.82, 2.24) is 4.90 Å². The van der Waals surface area contributed by atoms with Gasteiger partial charge in [-0.2, -0.15) is 0 Å². The summed E-state index contributed by atoms with van der Waals surface area (Å²) in [5, 5.41) is 0. The minimum atomic E-state index is 0.215. The summed E-state index contributed by atoms with van der Waals surface area (Å²) < 4.78 is 0. The van der Waals surface area contributed by atoms with Gasteiger partial charge in [0.05, 0.1) is 0 Å². The predicted molar refractivity (Wildman–Crippen MR) is 80.8 cm³/mol. The van der Waals surface area contributed by atoms with Gasteiger partial charge in [0.15, 0.2) is 0 Å². The minimum Gasteiger partial charge on any atom is -0.329 e. The Balaban J connectivity index is 2.40. The van der Waals surface area contributed by atoms with E-state index in [0.29, 0.717) is 0 Å². The van der Waals surface area contributed by atoms with E-state index in [1.807, 2.05) is 0 Å². The second-order valence-corrected chi connectivity index (χ2v) is 6.54. The van der Waals surface area contributed by atoms with Gasteiger partial charge < -0.3 is 5.73 Å². The molecule has 0 saturated heterocycles. The summed E-state index contributed by atoms with van der Waals surface area (Å²) in [7, 11) is 2.29. The summed E-state index contributed by atoms with van der Waals surface area (Å²) in [6.07, 6.45) is 12.4. The second kappa shape index (κ2) is 8.16. The highest BCUT2D eigenvalue weighted by molar-refractivity contribution is 4.87. The first-order valence-electron chi connectivity index (χ1n) is 8.03. The van der Waals surface area contributed by atoms with Gasteiger partial charge in [-0.3, -0.25) is 4.90 Å². The lowest BCUT2D eigenvalue weighted by Crippen LogP contribution is -2.51. The summed E-state index contributed by atoms with van der Waals surface area (Å²) in [5.41, 5.74) is 6.27. The number of unbranched alkanes of at least 4 members (excludes halogenated alkanes) is 2. The molecule has 0 amide bonds. The van der Waals surface area contributed by atoms with Gasteiger partial charge in [0, 0.05) is 18.6 Å². The molecule has 0 spiro atoms. The fraction of sp³-hybridized carbons (Fsp3) is 1.00. The SMILES string of the molecule is CCCCCC(C)(CN)N(C)CC1CCCCC1. The molecule has 0 aromatic heterocycles. The molecule has 0 aromatic rings. The van der Waals surface area contributed by atoms with Gasteiger partial charge in [-0.15, -0.1) is 0 Å². The van der Waals surface area contributed by atoms with Crippen LogP contribution in [-0.2, 0) is 0 Å². The van der Waals surface area contributed by atoms with E-state index in [2.05, 4.69) is 25.8 Å². The van der Waals surface area contributed by atoms with Gasteiger partial charge in [0.1, 0.15) is 0 Å². The van der Waals surface area contributed by atoms with E-state index >= 15 is 0 Å². The first kappa shape index (κ1) is 16.0. The van der Waals surface area contributed by atoms with E-state index in [0.717, 1.165) is 12.5 Å². The number of rotatable bonds is 8. The van der Waals surface area contributed by atoms with E-state index in [1.54, 1.807) is 0 Å². The van der Waals surface area contributed by atoms with Crippen molar-refractivity contribution in [3.63, 3.8) is 0 Å². The van der Waals surface area contributed by atoms with Crippen molar-refractivity contribution < 1.29 is 0 Å². The lowest BCUT2D eigenvalue weighted by Gasteiger charge is -2.41. The average Bonchev–Trinajstić information content (AvgIpc) is 2.40. The Morgan fingerprint density at radius 1 is 1.17 bits per heavy atom. The lowest BCUT2D eigenvalue weighted by molar-refractivity contribution is 0.0998. The summed E-state index contributed by atoms with van der Waals surface area (Å²) in [6.45, 7) is 6.66. The molecule has 0 aliphatic heterocycles. The smallest absolute Gasteiger partial charge is 0.0300 e. The Bertz CT molecular complexity index is 211. The minimum absolute atomic E-state index is 0.215. The van der Waals surface area contributed by atoms with Gasteiger partial charge in [0.25, 0.3) is 0 Å².